The Morgan fingerprint density at radius 2 is 1.02 bits per heavy atom. The number of ether oxygens (including phenoxy) is 2. The predicted molar refractivity (Wildman–Crippen MR) is 237 cm³/mol. The summed E-state index contributed by atoms with van der Waals surface area (Å²) in [7, 11) is 4.92. The molecule has 0 saturated carbocycles. The van der Waals surface area contributed by atoms with E-state index in [4.69, 9.17) is 21.1 Å². The van der Waals surface area contributed by atoms with Crippen molar-refractivity contribution in [2.45, 2.75) is 129 Å². The van der Waals surface area contributed by atoms with Crippen molar-refractivity contribution in [1.29, 1.82) is 0 Å². The van der Waals surface area contributed by atoms with Gasteiger partial charge in [-0.1, -0.05) is 0 Å². The van der Waals surface area contributed by atoms with Crippen molar-refractivity contribution in [3.05, 3.63) is 0 Å². The minimum Gasteiger partial charge on any atom is -0.444 e. The smallest absolute Gasteiger partial charge is 0.410 e. The Kier molecular flexibility index (Phi) is 20.5. The van der Waals surface area contributed by atoms with Gasteiger partial charge in [0.05, 0.1) is 23.8 Å². The highest BCUT2D eigenvalue weighted by molar-refractivity contribution is 6.64. The molecule has 0 aromatic rings. The topological polar surface area (TPSA) is 279 Å². The molecule has 0 spiro atoms. The van der Waals surface area contributed by atoms with Gasteiger partial charge in [0, 0.05) is 66.1 Å². The number of likely N-dealkylation sites (tertiary alicyclic amines) is 2. The number of imide groups is 3. The maximum atomic E-state index is 12.6. The average Bonchev–Trinajstić information content (AvgIpc) is 4.03. The molecule has 6 atom stereocenters. The summed E-state index contributed by atoms with van der Waals surface area (Å²) in [5.41, 5.74) is -1.08. The maximum Gasteiger partial charge on any atom is 0.410 e. The van der Waals surface area contributed by atoms with Crippen LogP contribution in [0.2, 0.25) is 0 Å². The number of piperidine rings is 3. The number of hydrogen-bond acceptors (Lipinski definition) is 15. The number of halogens is 1. The van der Waals surface area contributed by atoms with Gasteiger partial charge >= 0.3 is 12.2 Å². The normalized spacial score (nSPS) is 25.3. The molecule has 10 amide bonds. The molecule has 22 nitrogen and oxygen atoms in total. The van der Waals surface area contributed by atoms with Crippen molar-refractivity contribution >= 4 is 76.3 Å². The molecule has 23 heteroatoms. The number of rotatable bonds is 6. The first-order chi connectivity index (χ1) is 30.7. The number of carbonyl (C=O) groups is 11. The van der Waals surface area contributed by atoms with Crippen LogP contribution in [0.25, 0.3) is 0 Å². The van der Waals surface area contributed by atoms with E-state index in [-0.39, 0.29) is 89.4 Å². The number of hydrogen-bond donors (Lipinski definition) is 5. The van der Waals surface area contributed by atoms with Crippen LogP contribution >= 0.6 is 11.6 Å². The van der Waals surface area contributed by atoms with Crippen LogP contribution in [-0.2, 0) is 52.6 Å². The van der Waals surface area contributed by atoms with Crippen LogP contribution in [0.3, 0.4) is 0 Å². The van der Waals surface area contributed by atoms with E-state index in [0.29, 0.717) is 71.1 Å². The van der Waals surface area contributed by atoms with Gasteiger partial charge in [-0.25, -0.2) is 9.59 Å². The van der Waals surface area contributed by atoms with Gasteiger partial charge in [0.2, 0.25) is 52.5 Å². The van der Waals surface area contributed by atoms with E-state index in [1.54, 1.807) is 41.9 Å². The quantitative estimate of drug-likeness (QED) is 0.178. The zero-order valence-corrected chi connectivity index (χ0v) is 40.3. The molecule has 0 aliphatic carbocycles. The fraction of sp³-hybridized carbons (Fsp3) is 0.744. The second-order valence-electron chi connectivity index (χ2n) is 18.9. The minimum atomic E-state index is -0.634. The monoisotopic (exact) mass is 953 g/mol. The van der Waals surface area contributed by atoms with Crippen LogP contribution < -0.4 is 26.6 Å². The van der Waals surface area contributed by atoms with E-state index in [2.05, 4.69) is 26.6 Å². The van der Waals surface area contributed by atoms with Crippen molar-refractivity contribution in [3.8, 4) is 0 Å². The van der Waals surface area contributed by atoms with Crippen LogP contribution in [-0.4, -0.2) is 174 Å². The summed E-state index contributed by atoms with van der Waals surface area (Å²) in [6.07, 6.45) is 3.51. The third kappa shape index (κ3) is 17.2. The van der Waals surface area contributed by atoms with Crippen LogP contribution in [0, 0.1) is 17.8 Å². The van der Waals surface area contributed by atoms with Crippen molar-refractivity contribution < 1.29 is 62.2 Å². The van der Waals surface area contributed by atoms with Gasteiger partial charge in [-0.15, -0.1) is 0 Å². The highest BCUT2D eigenvalue weighted by atomic mass is 35.5. The van der Waals surface area contributed by atoms with Gasteiger partial charge in [-0.05, 0) is 105 Å². The van der Waals surface area contributed by atoms with E-state index in [1.165, 1.54) is 19.6 Å². The van der Waals surface area contributed by atoms with Crippen molar-refractivity contribution in [2.75, 3.05) is 60.4 Å². The molecule has 6 heterocycles. The zero-order chi connectivity index (χ0) is 49.7. The van der Waals surface area contributed by atoms with Gasteiger partial charge in [0.15, 0.2) is 0 Å². The molecule has 6 fully saturated rings. The standard InChI is InChI=1S/C16H25N3O5.C11H17N3O3.C10H16ClNO3.C6H10N2O2/c1-16(2,3)24-15(23)19-8-7-10(9-19)14(22)18(4)11-5-6-12(20)17-13(11)21;1-14(11(17)7-4-5-12-6-7)8-2-3-9(15)13-10(8)16;1-10(2,3)15-9(14)12-5-4-7(6-12)8(11)13;1-7-4-2-3-5(9)8-6(4)10/h10-11H,5-9H2,1-4H3,(H,17,20,21);7-8,12H,2-6H2,1H3,(H,13,15,16);7H,4-6H2,1-3H3;4,7H,2-3H2,1H3,(H,8,9,10). The molecule has 6 aliphatic heterocycles. The number of likely N-dealkylation sites (N-methyl/N-ethyl adjacent to an activating group) is 3. The summed E-state index contributed by atoms with van der Waals surface area (Å²) < 4.78 is 10.5. The van der Waals surface area contributed by atoms with Gasteiger partial charge < -0.3 is 39.7 Å². The number of nitrogens with one attached hydrogen (secondary N) is 5. The Morgan fingerprint density at radius 3 is 1.38 bits per heavy atom. The fourth-order valence-corrected chi connectivity index (χ4v) is 7.89. The van der Waals surface area contributed by atoms with Crippen LogP contribution in [0.1, 0.15) is 99.3 Å². The largest absolute Gasteiger partial charge is 0.444 e. The number of amides is 10. The molecular formula is C43H68ClN9O13. The summed E-state index contributed by atoms with van der Waals surface area (Å²) in [6.45, 7) is 14.0. The third-order valence-corrected chi connectivity index (χ3v) is 11.7. The van der Waals surface area contributed by atoms with E-state index < -0.39 is 35.3 Å². The molecule has 6 unspecified atom stereocenters. The molecule has 370 valence electrons. The highest BCUT2D eigenvalue weighted by Crippen LogP contribution is 2.24. The van der Waals surface area contributed by atoms with E-state index in [0.717, 1.165) is 13.0 Å². The van der Waals surface area contributed by atoms with E-state index in [1.807, 2.05) is 20.8 Å². The lowest BCUT2D eigenvalue weighted by Crippen LogP contribution is -2.54. The van der Waals surface area contributed by atoms with Crippen molar-refractivity contribution in [3.63, 3.8) is 0 Å². The van der Waals surface area contributed by atoms with Crippen LogP contribution in [0.4, 0.5) is 9.59 Å². The van der Waals surface area contributed by atoms with Gasteiger partial charge in [-0.2, -0.15) is 0 Å². The van der Waals surface area contributed by atoms with E-state index in [9.17, 15) is 52.7 Å². The number of carbonyl (C=O) groups excluding carboxylic acids is 11. The summed E-state index contributed by atoms with van der Waals surface area (Å²) in [5.74, 6) is -2.57. The Hall–Kier alpha value is -5.22. The Morgan fingerprint density at radius 1 is 0.606 bits per heavy atom. The summed E-state index contributed by atoms with van der Waals surface area (Å²) in [4.78, 5) is 132. The van der Waals surface area contributed by atoms with Gasteiger partial charge in [0.25, 0.3) is 0 Å². The second kappa shape index (κ2) is 24.5. The second-order valence-corrected chi connectivity index (χ2v) is 19.3. The maximum absolute atomic E-state index is 12.6. The fourth-order valence-electron chi connectivity index (χ4n) is 7.71. The molecule has 0 radical (unpaired) electrons. The Balaban J connectivity index is 0.000000244. The zero-order valence-electron chi connectivity index (χ0n) is 39.5. The lowest BCUT2D eigenvalue weighted by atomic mass is 10.0. The molecule has 5 N–H and O–H groups in total. The van der Waals surface area contributed by atoms with Crippen molar-refractivity contribution in [2.24, 2.45) is 17.8 Å². The predicted octanol–water partition coefficient (Wildman–Crippen LogP) is 0.386. The third-order valence-electron chi connectivity index (χ3n) is 11.4. The first-order valence-electron chi connectivity index (χ1n) is 22.3. The minimum absolute atomic E-state index is 0.00972. The van der Waals surface area contributed by atoms with E-state index >= 15 is 0 Å². The summed E-state index contributed by atoms with van der Waals surface area (Å²) in [5, 5.41) is 12.3. The molecule has 0 aromatic heterocycles. The van der Waals surface area contributed by atoms with Crippen LogP contribution in [0.15, 0.2) is 0 Å². The molecule has 6 saturated heterocycles. The molecule has 66 heavy (non-hydrogen) atoms. The Labute approximate surface area is 390 Å². The summed E-state index contributed by atoms with van der Waals surface area (Å²) >= 11 is 5.37. The molecular weight excluding hydrogens is 886 g/mol. The van der Waals surface area contributed by atoms with Crippen LogP contribution in [0.5, 0.6) is 0 Å². The van der Waals surface area contributed by atoms with Crippen molar-refractivity contribution in [1.82, 2.24) is 46.2 Å². The first kappa shape index (κ1) is 55.1. The lowest BCUT2D eigenvalue weighted by molar-refractivity contribution is -0.146. The Bertz CT molecular complexity index is 1850. The SMILES string of the molecule is CC(C)(C)OC(=O)N1CCC(C(=O)Cl)C1.CN(C(=O)C1CCN(C(=O)OC(C)(C)C)C1)C1CCC(=O)NC1=O.CN(C(=O)C1CCNC1)C1CCC(=O)NC1=O.CNC1CCC(=O)NC1=O. The first-order valence-corrected chi connectivity index (χ1v) is 22.7. The molecule has 6 rings (SSSR count). The lowest BCUT2D eigenvalue weighted by Gasteiger charge is -2.31. The number of nitrogens with zero attached hydrogens (tertiary/aromatic N) is 4. The molecule has 0 bridgehead atoms. The van der Waals surface area contributed by atoms with Gasteiger partial charge in [-0.3, -0.25) is 59.1 Å². The molecule has 0 aromatic carbocycles. The summed E-state index contributed by atoms with van der Waals surface area (Å²) in [6, 6.07) is -1.32. The molecule has 6 aliphatic rings. The average molecular weight is 955 g/mol. The highest BCUT2D eigenvalue weighted by Gasteiger charge is 2.40. The van der Waals surface area contributed by atoms with Gasteiger partial charge in [0.1, 0.15) is 23.3 Å².